The van der Waals surface area contributed by atoms with Crippen LogP contribution >= 0.6 is 0 Å². The lowest BCUT2D eigenvalue weighted by Gasteiger charge is -2.40. The van der Waals surface area contributed by atoms with E-state index in [-0.39, 0.29) is 12.8 Å². The third kappa shape index (κ3) is 41.5. The number of carbonyl (C=O) groups excluding carboxylic acids is 1. The number of hydrogen-bond acceptors (Lipinski definition) is 10. The summed E-state index contributed by atoms with van der Waals surface area (Å²) < 4.78 is 11.2. The maximum Gasteiger partial charge on any atom is 0.249 e. The van der Waals surface area contributed by atoms with Crippen molar-refractivity contribution in [2.24, 2.45) is 0 Å². The van der Waals surface area contributed by atoms with Crippen molar-refractivity contribution in [2.45, 2.75) is 377 Å². The van der Waals surface area contributed by atoms with E-state index in [4.69, 9.17) is 9.47 Å². The van der Waals surface area contributed by atoms with Crippen LogP contribution in [-0.2, 0) is 14.3 Å². The third-order valence-electron chi connectivity index (χ3n) is 16.1. The smallest absolute Gasteiger partial charge is 0.249 e. The van der Waals surface area contributed by atoms with E-state index in [0.29, 0.717) is 12.8 Å². The number of rotatable bonds is 57. The van der Waals surface area contributed by atoms with Gasteiger partial charge >= 0.3 is 0 Å². The molecule has 11 nitrogen and oxygen atoms in total. The van der Waals surface area contributed by atoms with Crippen molar-refractivity contribution in [1.82, 2.24) is 5.32 Å². The van der Waals surface area contributed by atoms with Crippen molar-refractivity contribution >= 4 is 5.91 Å². The summed E-state index contributed by atoms with van der Waals surface area (Å²) in [6.07, 6.45) is 52.9. The molecule has 0 aliphatic carbocycles. The molecular weight excluding hydrogens is 943 g/mol. The number of carbonyl (C=O) groups is 1. The molecule has 1 saturated heterocycles. The minimum absolute atomic E-state index is 0.260. The summed E-state index contributed by atoms with van der Waals surface area (Å²) in [7, 11) is 0. The molecule has 0 aromatic rings. The fourth-order valence-corrected chi connectivity index (χ4v) is 10.8. The largest absolute Gasteiger partial charge is 0.394 e. The Morgan fingerprint density at radius 1 is 0.453 bits per heavy atom. The van der Waals surface area contributed by atoms with Crippen LogP contribution in [0.25, 0.3) is 0 Å². The molecule has 8 N–H and O–H groups in total. The predicted molar refractivity (Wildman–Crippen MR) is 312 cm³/mol. The van der Waals surface area contributed by atoms with Gasteiger partial charge in [-0.2, -0.15) is 0 Å². The number of amides is 1. The van der Waals surface area contributed by atoms with Gasteiger partial charge in [-0.1, -0.05) is 296 Å². The van der Waals surface area contributed by atoms with Crippen molar-refractivity contribution in [2.75, 3.05) is 13.2 Å². The molecule has 0 saturated carbocycles. The van der Waals surface area contributed by atoms with E-state index in [1.54, 1.807) is 0 Å². The number of aliphatic hydroxyl groups is 7. The molecule has 1 rings (SSSR count). The number of allylic oxidation sites excluding steroid dienone is 2. The van der Waals surface area contributed by atoms with Crippen LogP contribution in [0.4, 0.5) is 0 Å². The van der Waals surface area contributed by atoms with Crippen molar-refractivity contribution < 1.29 is 50.0 Å². The Labute approximate surface area is 462 Å². The fourth-order valence-electron chi connectivity index (χ4n) is 10.8. The van der Waals surface area contributed by atoms with Crippen LogP contribution in [-0.4, -0.2) is 110 Å². The molecule has 11 heteroatoms. The fraction of sp³-hybridized carbons (Fsp3) is 0.953. The second kappa shape index (κ2) is 53.5. The zero-order valence-electron chi connectivity index (χ0n) is 49.1. The van der Waals surface area contributed by atoms with Gasteiger partial charge in [-0.05, 0) is 38.5 Å². The summed E-state index contributed by atoms with van der Waals surface area (Å²) in [4.78, 5) is 13.2. The van der Waals surface area contributed by atoms with Crippen LogP contribution in [0.15, 0.2) is 12.2 Å². The highest BCUT2D eigenvalue weighted by molar-refractivity contribution is 5.80. The molecule has 1 aliphatic rings. The van der Waals surface area contributed by atoms with E-state index in [2.05, 4.69) is 31.3 Å². The summed E-state index contributed by atoms with van der Waals surface area (Å²) in [6, 6.07) is -1.18. The first kappa shape index (κ1) is 71.9. The van der Waals surface area contributed by atoms with Gasteiger partial charge in [0.05, 0.1) is 25.4 Å². The van der Waals surface area contributed by atoms with Crippen molar-refractivity contribution in [3.63, 3.8) is 0 Å². The van der Waals surface area contributed by atoms with Crippen molar-refractivity contribution in [1.29, 1.82) is 0 Å². The normalized spacial score (nSPS) is 19.7. The van der Waals surface area contributed by atoms with Gasteiger partial charge in [0.15, 0.2) is 6.29 Å². The van der Waals surface area contributed by atoms with Crippen LogP contribution in [0.2, 0.25) is 0 Å². The molecular formula is C64H125NO10. The Balaban J connectivity index is 2.24. The summed E-state index contributed by atoms with van der Waals surface area (Å²) in [5.41, 5.74) is 0. The molecule has 9 atom stereocenters. The monoisotopic (exact) mass is 1070 g/mol. The van der Waals surface area contributed by atoms with Crippen molar-refractivity contribution in [3.05, 3.63) is 12.2 Å². The third-order valence-corrected chi connectivity index (χ3v) is 16.1. The second-order valence-electron chi connectivity index (χ2n) is 23.2. The van der Waals surface area contributed by atoms with E-state index in [1.807, 2.05) is 0 Å². The standard InChI is InChI=1S/C64H125NO10/c1-3-5-7-9-11-13-15-17-19-21-23-24-25-26-27-28-29-30-31-32-34-35-37-39-41-43-45-47-49-51-56(67)59(69)55(54-74-64-62(72)61(71)60(70)58(53-66)75-64)65-63(73)57(68)52-50-48-46-44-42-40-38-36-33-22-20-18-16-14-12-10-8-6-4-2/h43,45,55-62,64,66-72H,3-42,44,46-54H2,1-2H3,(H,65,73)/b45-43+. The van der Waals surface area contributed by atoms with E-state index >= 15 is 0 Å². The van der Waals surface area contributed by atoms with Gasteiger partial charge in [0.1, 0.15) is 36.6 Å². The lowest BCUT2D eigenvalue weighted by molar-refractivity contribution is -0.303. The Morgan fingerprint density at radius 2 is 0.787 bits per heavy atom. The highest BCUT2D eigenvalue weighted by Crippen LogP contribution is 2.24. The number of hydrogen-bond donors (Lipinski definition) is 8. The first-order valence-corrected chi connectivity index (χ1v) is 32.6. The van der Waals surface area contributed by atoms with Gasteiger partial charge in [0, 0.05) is 0 Å². The average Bonchev–Trinajstić information content (AvgIpc) is 3.41. The quantitative estimate of drug-likeness (QED) is 0.0215. The lowest BCUT2D eigenvalue weighted by atomic mass is 9.98. The Morgan fingerprint density at radius 3 is 1.15 bits per heavy atom. The molecule has 0 bridgehead atoms. The zero-order valence-corrected chi connectivity index (χ0v) is 49.1. The summed E-state index contributed by atoms with van der Waals surface area (Å²) in [6.45, 7) is 3.49. The SMILES string of the molecule is CCCCCCCCCCCCCCCCCCCCCCCCCC/C=C/CCCC(O)C(O)C(COC1OC(CO)C(O)C(O)C1O)NC(=O)C(O)CCCCCCCCCCCCCCCCCCCCC. The van der Waals surface area contributed by atoms with E-state index < -0.39 is 74.2 Å². The Hall–Kier alpha value is -1.15. The maximum absolute atomic E-state index is 13.2. The number of aliphatic hydroxyl groups excluding tert-OH is 7. The minimum atomic E-state index is -1.67. The molecule has 0 radical (unpaired) electrons. The highest BCUT2D eigenvalue weighted by atomic mass is 16.7. The van der Waals surface area contributed by atoms with Crippen molar-refractivity contribution in [3.8, 4) is 0 Å². The number of nitrogens with one attached hydrogen (secondary N) is 1. The van der Waals surface area contributed by atoms with Crippen LogP contribution < -0.4 is 5.32 Å². The molecule has 1 aliphatic heterocycles. The molecule has 9 unspecified atom stereocenters. The molecule has 0 aromatic carbocycles. The predicted octanol–water partition coefficient (Wildman–Crippen LogP) is 14.7. The molecule has 1 amide bonds. The first-order valence-electron chi connectivity index (χ1n) is 32.6. The molecule has 1 heterocycles. The van der Waals surface area contributed by atoms with Gasteiger partial charge < -0.3 is 50.5 Å². The molecule has 446 valence electrons. The van der Waals surface area contributed by atoms with Gasteiger partial charge in [0.2, 0.25) is 5.91 Å². The van der Waals surface area contributed by atoms with Gasteiger partial charge in [-0.15, -0.1) is 0 Å². The van der Waals surface area contributed by atoms with Gasteiger partial charge in [-0.3, -0.25) is 4.79 Å². The van der Waals surface area contributed by atoms with Crippen LogP contribution in [0.3, 0.4) is 0 Å². The summed E-state index contributed by atoms with van der Waals surface area (Å²) in [5.74, 6) is -0.699. The number of unbranched alkanes of at least 4 members (excludes halogenated alkanes) is 43. The topological polar surface area (TPSA) is 189 Å². The second-order valence-corrected chi connectivity index (χ2v) is 23.2. The van der Waals surface area contributed by atoms with Crippen LogP contribution in [0.1, 0.15) is 322 Å². The molecule has 0 aromatic heterocycles. The van der Waals surface area contributed by atoms with E-state index in [1.165, 1.54) is 244 Å². The first-order chi connectivity index (χ1) is 36.7. The summed E-state index contributed by atoms with van der Waals surface area (Å²) >= 11 is 0. The molecule has 0 spiro atoms. The highest BCUT2D eigenvalue weighted by Gasteiger charge is 2.44. The van der Waals surface area contributed by atoms with Crippen LogP contribution in [0, 0.1) is 0 Å². The van der Waals surface area contributed by atoms with Crippen LogP contribution in [0.5, 0.6) is 0 Å². The van der Waals surface area contributed by atoms with Gasteiger partial charge in [0.25, 0.3) is 0 Å². The lowest BCUT2D eigenvalue weighted by Crippen LogP contribution is -2.60. The maximum atomic E-state index is 13.2. The Bertz CT molecular complexity index is 1220. The molecule has 75 heavy (non-hydrogen) atoms. The minimum Gasteiger partial charge on any atom is -0.394 e. The van der Waals surface area contributed by atoms with E-state index in [9.17, 15) is 40.5 Å². The van der Waals surface area contributed by atoms with E-state index in [0.717, 1.165) is 38.5 Å². The summed E-state index contributed by atoms with van der Waals surface area (Å²) in [5, 5.41) is 76.3. The van der Waals surface area contributed by atoms with Gasteiger partial charge in [-0.25, -0.2) is 0 Å². The zero-order chi connectivity index (χ0) is 54.7. The Kier molecular flexibility index (Phi) is 51.3. The average molecular weight is 1070 g/mol. The molecule has 1 fully saturated rings. The number of ether oxygens (including phenoxy) is 2.